The quantitative estimate of drug-likeness (QED) is 0.381. The summed E-state index contributed by atoms with van der Waals surface area (Å²) in [4.78, 5) is 28.1. The first-order chi connectivity index (χ1) is 12.5. The minimum atomic E-state index is -0.835. The molecule has 0 fully saturated rings. The van der Waals surface area contributed by atoms with Crippen LogP contribution >= 0.6 is 0 Å². The van der Waals surface area contributed by atoms with Crippen molar-refractivity contribution in [2.24, 2.45) is 0 Å². The molecule has 9 nitrogen and oxygen atoms in total. The first-order valence-electron chi connectivity index (χ1n) is 7.37. The molecular formula is C17H10N5O4+. The van der Waals surface area contributed by atoms with Crippen molar-refractivity contribution >= 4 is 17.3 Å². The number of hydrogen-bond donors (Lipinski definition) is 0. The van der Waals surface area contributed by atoms with E-state index in [0.29, 0.717) is 11.1 Å². The smallest absolute Gasteiger partial charge is 0.358 e. The van der Waals surface area contributed by atoms with E-state index < -0.39 is 21.5 Å². The molecule has 0 aliphatic carbocycles. The van der Waals surface area contributed by atoms with Gasteiger partial charge in [0.15, 0.2) is 16.1 Å². The van der Waals surface area contributed by atoms with Crippen LogP contribution in [-0.4, -0.2) is 14.8 Å². The van der Waals surface area contributed by atoms with E-state index in [1.165, 1.54) is 0 Å². The maximum atomic E-state index is 11.5. The summed E-state index contributed by atoms with van der Waals surface area (Å²) >= 11 is 0. The minimum Gasteiger partial charge on any atom is -0.358 e. The number of nitro groups is 2. The van der Waals surface area contributed by atoms with E-state index in [1.807, 2.05) is 0 Å². The highest BCUT2D eigenvalue weighted by Crippen LogP contribution is 2.47. The number of hydrogen-bond acceptors (Lipinski definition) is 6. The van der Waals surface area contributed by atoms with E-state index in [-0.39, 0.29) is 16.8 Å². The Bertz CT molecular complexity index is 970. The van der Waals surface area contributed by atoms with Gasteiger partial charge in [-0.25, -0.2) is 0 Å². The van der Waals surface area contributed by atoms with E-state index in [2.05, 4.69) is 9.96 Å². The second-order valence-electron chi connectivity index (χ2n) is 5.20. The van der Waals surface area contributed by atoms with Crippen molar-refractivity contribution in [3.63, 3.8) is 0 Å². The van der Waals surface area contributed by atoms with E-state index in [9.17, 15) is 25.6 Å². The van der Waals surface area contributed by atoms with Gasteiger partial charge in [0.05, 0.1) is 0 Å². The van der Waals surface area contributed by atoms with Gasteiger partial charge in [-0.2, -0.15) is 0 Å². The Kier molecular flexibility index (Phi) is 4.32. The van der Waals surface area contributed by atoms with Gasteiger partial charge < -0.3 is 20.2 Å². The molecule has 0 aliphatic rings. The van der Waals surface area contributed by atoms with Crippen LogP contribution in [0.15, 0.2) is 60.7 Å². The Balaban J connectivity index is 2.50. The van der Waals surface area contributed by atoms with Gasteiger partial charge in [-0.3, -0.25) is 0 Å². The molecule has 0 spiro atoms. The summed E-state index contributed by atoms with van der Waals surface area (Å²) in [5.41, 5.74) is 0.235. The summed E-state index contributed by atoms with van der Waals surface area (Å²) < 4.78 is 0. The lowest BCUT2D eigenvalue weighted by molar-refractivity contribution is -0.402. The summed E-state index contributed by atoms with van der Waals surface area (Å²) in [5.74, 6) is -1.51. The number of diazo groups is 1. The highest BCUT2D eigenvalue weighted by atomic mass is 16.6. The number of benzene rings is 2. The fourth-order valence-electron chi connectivity index (χ4n) is 2.65. The highest BCUT2D eigenvalue weighted by molar-refractivity contribution is 5.97. The second-order valence-corrected chi connectivity index (χ2v) is 5.20. The monoisotopic (exact) mass is 348 g/mol. The maximum Gasteiger partial charge on any atom is 0.417 e. The zero-order chi connectivity index (χ0) is 18.7. The summed E-state index contributed by atoms with van der Waals surface area (Å²) in [6.45, 7) is 0. The lowest BCUT2D eigenvalue weighted by Gasteiger charge is -2.06. The van der Waals surface area contributed by atoms with Gasteiger partial charge in [-0.15, -0.1) is 0 Å². The summed E-state index contributed by atoms with van der Waals surface area (Å²) in [6.07, 6.45) is 0. The molecule has 1 aromatic heterocycles. The molecule has 0 atom stereocenters. The Morgan fingerprint density at radius 2 is 1.15 bits per heavy atom. The molecule has 26 heavy (non-hydrogen) atoms. The van der Waals surface area contributed by atoms with Crippen molar-refractivity contribution in [1.82, 2.24) is 4.98 Å². The van der Waals surface area contributed by atoms with E-state index >= 15 is 0 Å². The molecule has 0 aliphatic heterocycles. The molecule has 1 heterocycles. The molecule has 0 saturated heterocycles. The average Bonchev–Trinajstić information content (AvgIpc) is 2.67. The van der Waals surface area contributed by atoms with Gasteiger partial charge in [-0.1, -0.05) is 60.7 Å². The molecule has 3 rings (SSSR count). The van der Waals surface area contributed by atoms with E-state index in [0.717, 1.165) is 0 Å². The van der Waals surface area contributed by atoms with Crippen molar-refractivity contribution in [1.29, 1.82) is 5.39 Å². The van der Waals surface area contributed by atoms with Crippen LogP contribution in [0.3, 0.4) is 0 Å². The van der Waals surface area contributed by atoms with Gasteiger partial charge in [0.2, 0.25) is 5.39 Å². The fraction of sp³-hybridized carbons (Fsp3) is 0. The third-order valence-corrected chi connectivity index (χ3v) is 3.70. The van der Waals surface area contributed by atoms with Gasteiger partial charge in [0, 0.05) is 4.98 Å². The van der Waals surface area contributed by atoms with Crippen molar-refractivity contribution in [2.45, 2.75) is 0 Å². The Labute approximate surface area is 146 Å². The molecular weight excluding hydrogens is 338 g/mol. The molecule has 0 N–H and O–H groups in total. The average molecular weight is 348 g/mol. The summed E-state index contributed by atoms with van der Waals surface area (Å²) in [5, 5.41) is 32.6. The standard InChI is InChI=1S/C17H10N5O4/c18-20-15-13(11-7-3-1-4-8-11)16(21(23)24)19-17(22(25)26)14(15)12-9-5-2-6-10-12/h1-10H/q+1. The van der Waals surface area contributed by atoms with Crippen LogP contribution in [0.1, 0.15) is 0 Å². The van der Waals surface area contributed by atoms with Crippen molar-refractivity contribution in [3.05, 3.63) is 85.9 Å². The topological polar surface area (TPSA) is 127 Å². The predicted molar refractivity (Wildman–Crippen MR) is 93.2 cm³/mol. The van der Waals surface area contributed by atoms with Crippen molar-refractivity contribution in [2.75, 3.05) is 0 Å². The number of aromatic nitrogens is 1. The highest BCUT2D eigenvalue weighted by Gasteiger charge is 2.40. The van der Waals surface area contributed by atoms with Gasteiger partial charge >= 0.3 is 17.3 Å². The van der Waals surface area contributed by atoms with Crippen LogP contribution in [0.25, 0.3) is 27.2 Å². The molecule has 0 radical (unpaired) electrons. The van der Waals surface area contributed by atoms with Crippen molar-refractivity contribution in [3.8, 4) is 22.3 Å². The largest absolute Gasteiger partial charge is 0.417 e. The summed E-state index contributed by atoms with van der Waals surface area (Å²) in [7, 11) is 0. The molecule has 126 valence electrons. The minimum absolute atomic E-state index is 0.0949. The SMILES string of the molecule is N#[N+]c1c(-c2ccccc2)c([N+](=O)[O-])nc([N+](=O)[O-])c1-c1ccccc1. The zero-order valence-electron chi connectivity index (χ0n) is 13.1. The van der Waals surface area contributed by atoms with E-state index in [4.69, 9.17) is 0 Å². The Morgan fingerprint density at radius 1 is 0.769 bits per heavy atom. The number of nitrogens with zero attached hydrogens (tertiary/aromatic N) is 5. The summed E-state index contributed by atoms with van der Waals surface area (Å²) in [6, 6.07) is 16.3. The lowest BCUT2D eigenvalue weighted by Crippen LogP contribution is -2.03. The van der Waals surface area contributed by atoms with Crippen LogP contribution in [-0.2, 0) is 0 Å². The molecule has 9 heteroatoms. The molecule has 0 unspecified atom stereocenters. The molecule has 2 aromatic carbocycles. The normalized spacial score (nSPS) is 10.1. The van der Waals surface area contributed by atoms with E-state index in [1.54, 1.807) is 60.7 Å². The maximum absolute atomic E-state index is 11.5. The second kappa shape index (κ2) is 6.74. The van der Waals surface area contributed by atoms with Gasteiger partial charge in [0.25, 0.3) is 0 Å². The van der Waals surface area contributed by atoms with Crippen LogP contribution in [0.5, 0.6) is 0 Å². The molecule has 0 saturated carbocycles. The van der Waals surface area contributed by atoms with Crippen LogP contribution in [0, 0.1) is 25.6 Å². The third-order valence-electron chi connectivity index (χ3n) is 3.70. The fourth-order valence-corrected chi connectivity index (χ4v) is 2.65. The zero-order valence-corrected chi connectivity index (χ0v) is 13.1. The third kappa shape index (κ3) is 2.83. The molecule has 0 amide bonds. The molecule has 3 aromatic rings. The van der Waals surface area contributed by atoms with Crippen molar-refractivity contribution < 1.29 is 9.85 Å². The number of rotatable bonds is 4. The van der Waals surface area contributed by atoms with Gasteiger partial charge in [-0.05, 0) is 21.0 Å². The lowest BCUT2D eigenvalue weighted by atomic mass is 9.97. The Morgan fingerprint density at radius 3 is 1.46 bits per heavy atom. The first-order valence-corrected chi connectivity index (χ1v) is 7.37. The van der Waals surface area contributed by atoms with Crippen LogP contribution in [0.4, 0.5) is 17.3 Å². The first kappa shape index (κ1) is 16.7. The Hall–Kier alpha value is -4.19. The predicted octanol–water partition coefficient (Wildman–Crippen LogP) is 4.72. The number of pyridine rings is 1. The molecule has 0 bridgehead atoms. The van der Waals surface area contributed by atoms with Crippen LogP contribution < -0.4 is 0 Å². The van der Waals surface area contributed by atoms with Crippen LogP contribution in [0.2, 0.25) is 0 Å². The van der Waals surface area contributed by atoms with Gasteiger partial charge in [0.1, 0.15) is 0 Å².